The van der Waals surface area contributed by atoms with Crippen LogP contribution < -0.4 is 0 Å². The number of hydrogen-bond donors (Lipinski definition) is 0. The molecule has 0 amide bonds. The van der Waals surface area contributed by atoms with Crippen LogP contribution in [0.3, 0.4) is 0 Å². The van der Waals surface area contributed by atoms with Crippen molar-refractivity contribution in [1.82, 2.24) is 0 Å². The van der Waals surface area contributed by atoms with E-state index in [0.29, 0.717) is 19.6 Å². The summed E-state index contributed by atoms with van der Waals surface area (Å²) in [5.41, 5.74) is 1.10. The second kappa shape index (κ2) is 11.2. The van der Waals surface area contributed by atoms with Crippen molar-refractivity contribution in [2.75, 3.05) is 34.5 Å². The van der Waals surface area contributed by atoms with Gasteiger partial charge in [-0.1, -0.05) is 12.2 Å². The van der Waals surface area contributed by atoms with E-state index >= 15 is 0 Å². The number of carbonyl (C=O) groups is 1. The highest BCUT2D eigenvalue weighted by molar-refractivity contribution is 5.69. The van der Waals surface area contributed by atoms with E-state index in [2.05, 4.69) is 6.08 Å². The van der Waals surface area contributed by atoms with Gasteiger partial charge in [0.15, 0.2) is 6.29 Å². The van der Waals surface area contributed by atoms with Gasteiger partial charge in [0.1, 0.15) is 11.9 Å². The fourth-order valence-electron chi connectivity index (χ4n) is 2.27. The number of ether oxygens (including phenoxy) is 5. The van der Waals surface area contributed by atoms with Crippen LogP contribution in [0.1, 0.15) is 32.6 Å². The molecule has 0 aromatic rings. The van der Waals surface area contributed by atoms with Crippen LogP contribution in [0.15, 0.2) is 23.5 Å². The van der Waals surface area contributed by atoms with Gasteiger partial charge in [-0.2, -0.15) is 0 Å². The largest absolute Gasteiger partial charge is 0.469 e. The molecule has 1 aliphatic carbocycles. The van der Waals surface area contributed by atoms with Crippen LogP contribution in [-0.2, 0) is 28.5 Å². The topological polar surface area (TPSA) is 63.2 Å². The first-order chi connectivity index (χ1) is 11.1. The van der Waals surface area contributed by atoms with Crippen molar-refractivity contribution >= 4 is 5.97 Å². The maximum absolute atomic E-state index is 11.9. The summed E-state index contributed by atoms with van der Waals surface area (Å²) in [7, 11) is 4.68. The predicted octanol–water partition coefficient (Wildman–Crippen LogP) is 2.58. The van der Waals surface area contributed by atoms with Gasteiger partial charge in [0.2, 0.25) is 0 Å². The summed E-state index contributed by atoms with van der Waals surface area (Å²) < 4.78 is 26.5. The molecule has 0 aromatic carbocycles. The first kappa shape index (κ1) is 19.7. The molecule has 0 spiro atoms. The van der Waals surface area contributed by atoms with Crippen molar-refractivity contribution in [3.05, 3.63) is 23.5 Å². The van der Waals surface area contributed by atoms with E-state index in [1.807, 2.05) is 13.0 Å². The SMILES string of the molecule is COCC(COC)OC(=O)CC[C@H](OC)OC1=C(C)C=CCC1. The number of esters is 1. The van der Waals surface area contributed by atoms with E-state index in [1.54, 1.807) is 21.3 Å². The van der Waals surface area contributed by atoms with Crippen LogP contribution in [0.5, 0.6) is 0 Å². The second-order valence-electron chi connectivity index (χ2n) is 5.39. The van der Waals surface area contributed by atoms with Gasteiger partial charge in [-0.25, -0.2) is 0 Å². The van der Waals surface area contributed by atoms with Crippen LogP contribution in [-0.4, -0.2) is 52.9 Å². The molecule has 0 bridgehead atoms. The van der Waals surface area contributed by atoms with Crippen molar-refractivity contribution in [1.29, 1.82) is 0 Å². The van der Waals surface area contributed by atoms with Gasteiger partial charge >= 0.3 is 5.97 Å². The predicted molar refractivity (Wildman–Crippen MR) is 85.8 cm³/mol. The quantitative estimate of drug-likeness (QED) is 0.429. The van der Waals surface area contributed by atoms with Crippen molar-refractivity contribution < 1.29 is 28.5 Å². The molecule has 6 heteroatoms. The standard InChI is InChI=1S/C17H28O6/c1-13-7-5-6-8-15(13)23-17(21-4)10-9-16(18)22-14(11-19-2)12-20-3/h5,7,14,17H,6,8-12H2,1-4H3/t17-/m1/s1. The molecule has 0 saturated carbocycles. The molecule has 0 radical (unpaired) electrons. The first-order valence-corrected chi connectivity index (χ1v) is 7.83. The Morgan fingerprint density at radius 1 is 1.22 bits per heavy atom. The summed E-state index contributed by atoms with van der Waals surface area (Å²) in [5.74, 6) is 0.605. The van der Waals surface area contributed by atoms with Crippen LogP contribution in [0.25, 0.3) is 0 Å². The lowest BCUT2D eigenvalue weighted by Crippen LogP contribution is -2.28. The van der Waals surface area contributed by atoms with Crippen molar-refractivity contribution in [3.63, 3.8) is 0 Å². The molecule has 0 N–H and O–H groups in total. The summed E-state index contributed by atoms with van der Waals surface area (Å²) in [6, 6.07) is 0. The summed E-state index contributed by atoms with van der Waals surface area (Å²) >= 11 is 0. The minimum absolute atomic E-state index is 0.213. The van der Waals surface area contributed by atoms with E-state index in [0.717, 1.165) is 24.2 Å². The molecular formula is C17H28O6. The minimum Gasteiger partial charge on any atom is -0.469 e. The summed E-state index contributed by atoms with van der Waals surface area (Å²) in [6.45, 7) is 2.62. The average molecular weight is 328 g/mol. The molecule has 0 unspecified atom stereocenters. The molecule has 0 fully saturated rings. The fraction of sp³-hybridized carbons (Fsp3) is 0.706. The van der Waals surface area contributed by atoms with Crippen molar-refractivity contribution in [2.24, 2.45) is 0 Å². The molecule has 6 nitrogen and oxygen atoms in total. The summed E-state index contributed by atoms with van der Waals surface area (Å²) in [5, 5.41) is 0. The molecular weight excluding hydrogens is 300 g/mol. The molecule has 1 rings (SSSR count). The Kier molecular flexibility index (Phi) is 9.59. The highest BCUT2D eigenvalue weighted by Crippen LogP contribution is 2.22. The lowest BCUT2D eigenvalue weighted by atomic mass is 10.1. The number of hydrogen-bond acceptors (Lipinski definition) is 6. The first-order valence-electron chi connectivity index (χ1n) is 7.83. The molecule has 23 heavy (non-hydrogen) atoms. The fourth-order valence-corrected chi connectivity index (χ4v) is 2.27. The zero-order valence-corrected chi connectivity index (χ0v) is 14.5. The van der Waals surface area contributed by atoms with E-state index in [1.165, 1.54) is 0 Å². The highest BCUT2D eigenvalue weighted by atomic mass is 16.7. The van der Waals surface area contributed by atoms with Crippen LogP contribution in [0.4, 0.5) is 0 Å². The maximum Gasteiger partial charge on any atom is 0.306 e. The van der Waals surface area contributed by atoms with Crippen molar-refractivity contribution in [3.8, 4) is 0 Å². The van der Waals surface area contributed by atoms with E-state index < -0.39 is 12.4 Å². The monoisotopic (exact) mass is 328 g/mol. The Bertz CT molecular complexity index is 409. The Hall–Kier alpha value is -1.37. The zero-order chi connectivity index (χ0) is 17.1. The summed E-state index contributed by atoms with van der Waals surface area (Å²) in [6.07, 6.45) is 5.77. The van der Waals surface area contributed by atoms with Gasteiger partial charge in [-0.3, -0.25) is 4.79 Å². The van der Waals surface area contributed by atoms with Gasteiger partial charge in [0, 0.05) is 34.2 Å². The zero-order valence-electron chi connectivity index (χ0n) is 14.5. The smallest absolute Gasteiger partial charge is 0.306 e. The van der Waals surface area contributed by atoms with Gasteiger partial charge in [-0.15, -0.1) is 0 Å². The Labute approximate surface area is 138 Å². The lowest BCUT2D eigenvalue weighted by Gasteiger charge is -2.22. The number of rotatable bonds is 11. The third-order valence-electron chi connectivity index (χ3n) is 3.47. The highest BCUT2D eigenvalue weighted by Gasteiger charge is 2.19. The van der Waals surface area contributed by atoms with Gasteiger partial charge in [0.05, 0.1) is 19.6 Å². The molecule has 0 aliphatic heterocycles. The Morgan fingerprint density at radius 2 is 1.91 bits per heavy atom. The second-order valence-corrected chi connectivity index (χ2v) is 5.39. The van der Waals surface area contributed by atoms with Crippen molar-refractivity contribution in [2.45, 2.75) is 45.0 Å². The molecule has 1 aliphatic rings. The van der Waals surface area contributed by atoms with Gasteiger partial charge in [0.25, 0.3) is 0 Å². The van der Waals surface area contributed by atoms with Crippen LogP contribution in [0.2, 0.25) is 0 Å². The molecule has 0 saturated heterocycles. The Morgan fingerprint density at radius 3 is 2.48 bits per heavy atom. The maximum atomic E-state index is 11.9. The van der Waals surface area contributed by atoms with Crippen LogP contribution in [0, 0.1) is 0 Å². The van der Waals surface area contributed by atoms with E-state index in [9.17, 15) is 4.79 Å². The van der Waals surface area contributed by atoms with Crippen LogP contribution >= 0.6 is 0 Å². The van der Waals surface area contributed by atoms with Gasteiger partial charge < -0.3 is 23.7 Å². The average Bonchev–Trinajstić information content (AvgIpc) is 2.53. The molecule has 0 heterocycles. The number of methoxy groups -OCH3 is 3. The van der Waals surface area contributed by atoms with E-state index in [-0.39, 0.29) is 12.4 Å². The Balaban J connectivity index is 2.41. The molecule has 132 valence electrons. The van der Waals surface area contributed by atoms with Gasteiger partial charge in [-0.05, 0) is 18.9 Å². The third kappa shape index (κ3) is 7.63. The third-order valence-corrected chi connectivity index (χ3v) is 3.47. The molecule has 1 atom stereocenters. The van der Waals surface area contributed by atoms with E-state index in [4.69, 9.17) is 23.7 Å². The minimum atomic E-state index is -0.456. The number of allylic oxidation sites excluding steroid dienone is 4. The molecule has 0 aromatic heterocycles. The lowest BCUT2D eigenvalue weighted by molar-refractivity contribution is -0.158. The normalized spacial score (nSPS) is 15.9. The summed E-state index contributed by atoms with van der Waals surface area (Å²) in [4.78, 5) is 11.9. The number of carbonyl (C=O) groups excluding carboxylic acids is 1.